The zero-order chi connectivity index (χ0) is 17.9. The number of aliphatic hydroxyl groups excluding tert-OH is 2. The minimum Gasteiger partial charge on any atom is -0.444 e. The summed E-state index contributed by atoms with van der Waals surface area (Å²) in [4.78, 5) is 15.8. The van der Waals surface area contributed by atoms with E-state index in [1.807, 2.05) is 0 Å². The number of halogens is 1. The fourth-order valence-electron chi connectivity index (χ4n) is 2.15. The van der Waals surface area contributed by atoms with Gasteiger partial charge in [-0.2, -0.15) is 0 Å². The molecule has 0 saturated carbocycles. The summed E-state index contributed by atoms with van der Waals surface area (Å²) in [5.74, 6) is 0. The normalized spacial score (nSPS) is 14.2. The van der Waals surface area contributed by atoms with Crippen molar-refractivity contribution < 1.29 is 19.7 Å². The molecule has 0 bridgehead atoms. The van der Waals surface area contributed by atoms with Gasteiger partial charge in [-0.1, -0.05) is 23.7 Å². The predicted molar refractivity (Wildman–Crippen MR) is 92.0 cm³/mol. The van der Waals surface area contributed by atoms with Crippen LogP contribution < -0.4 is 5.32 Å². The molecule has 24 heavy (non-hydrogen) atoms. The van der Waals surface area contributed by atoms with Gasteiger partial charge in [-0.15, -0.1) is 0 Å². The molecule has 2 atom stereocenters. The average Bonchev–Trinajstić information content (AvgIpc) is 2.50. The summed E-state index contributed by atoms with van der Waals surface area (Å²) in [6, 6.07) is 6.73. The summed E-state index contributed by atoms with van der Waals surface area (Å²) in [5, 5.41) is 24.1. The highest BCUT2D eigenvalue weighted by molar-refractivity contribution is 6.35. The molecule has 0 spiro atoms. The van der Waals surface area contributed by atoms with Gasteiger partial charge in [0.15, 0.2) is 0 Å². The van der Waals surface area contributed by atoms with Gasteiger partial charge in [0.1, 0.15) is 17.8 Å². The zero-order valence-corrected chi connectivity index (χ0v) is 14.5. The number of nitrogens with zero attached hydrogens (tertiary/aromatic N) is 1. The number of nitrogens with one attached hydrogen (secondary N) is 1. The van der Waals surface area contributed by atoms with Gasteiger partial charge in [-0.3, -0.25) is 4.98 Å². The van der Waals surface area contributed by atoms with Crippen LogP contribution in [-0.2, 0) is 4.74 Å². The average molecular weight is 353 g/mol. The number of benzene rings is 1. The van der Waals surface area contributed by atoms with E-state index < -0.39 is 23.9 Å². The Bertz CT molecular complexity index is 730. The topological polar surface area (TPSA) is 91.7 Å². The van der Waals surface area contributed by atoms with Crippen molar-refractivity contribution in [2.75, 3.05) is 6.54 Å². The van der Waals surface area contributed by atoms with E-state index in [-0.39, 0.29) is 6.54 Å². The SMILES string of the molecule is CC(C)(C)OC(=O)NCC(O)C(O)c1ccc2c(Cl)ccnc2c1. The van der Waals surface area contributed by atoms with Crippen LogP contribution in [-0.4, -0.2) is 39.5 Å². The van der Waals surface area contributed by atoms with Crippen molar-refractivity contribution in [2.45, 2.75) is 38.6 Å². The fourth-order valence-corrected chi connectivity index (χ4v) is 2.37. The van der Waals surface area contributed by atoms with Crippen molar-refractivity contribution in [3.05, 3.63) is 41.0 Å². The molecule has 2 unspecified atom stereocenters. The number of pyridine rings is 1. The molecule has 7 heteroatoms. The molecule has 2 rings (SSSR count). The first-order valence-electron chi connectivity index (χ1n) is 7.54. The van der Waals surface area contributed by atoms with Gasteiger partial charge in [-0.25, -0.2) is 4.79 Å². The van der Waals surface area contributed by atoms with Gasteiger partial charge >= 0.3 is 6.09 Å². The standard InChI is InChI=1S/C17H21ClN2O4/c1-17(2,3)24-16(23)20-9-14(21)15(22)10-4-5-11-12(18)6-7-19-13(11)8-10/h4-8,14-15,21-22H,9H2,1-3H3,(H,20,23). The smallest absolute Gasteiger partial charge is 0.407 e. The molecule has 0 saturated heterocycles. The van der Waals surface area contributed by atoms with Crippen LogP contribution >= 0.6 is 11.6 Å². The molecule has 0 radical (unpaired) electrons. The Labute approximate surface area is 145 Å². The summed E-state index contributed by atoms with van der Waals surface area (Å²) >= 11 is 6.08. The monoisotopic (exact) mass is 352 g/mol. The number of ether oxygens (including phenoxy) is 1. The largest absolute Gasteiger partial charge is 0.444 e. The third-order valence-electron chi connectivity index (χ3n) is 3.27. The van der Waals surface area contributed by atoms with Crippen molar-refractivity contribution >= 4 is 28.6 Å². The minimum absolute atomic E-state index is 0.142. The molecule has 3 N–H and O–H groups in total. The number of hydrogen-bond acceptors (Lipinski definition) is 5. The second-order valence-electron chi connectivity index (χ2n) is 6.46. The number of aliphatic hydroxyl groups is 2. The molecular weight excluding hydrogens is 332 g/mol. The van der Waals surface area contributed by atoms with Crippen LogP contribution in [0.25, 0.3) is 10.9 Å². The number of rotatable bonds is 4. The highest BCUT2D eigenvalue weighted by Gasteiger charge is 2.22. The Hall–Kier alpha value is -1.89. The lowest BCUT2D eigenvalue weighted by atomic mass is 10.0. The van der Waals surface area contributed by atoms with Crippen molar-refractivity contribution in [2.24, 2.45) is 0 Å². The highest BCUT2D eigenvalue weighted by atomic mass is 35.5. The number of alkyl carbamates (subject to hydrolysis) is 1. The Kier molecular flexibility index (Phi) is 5.64. The second kappa shape index (κ2) is 7.34. The number of aromatic nitrogens is 1. The summed E-state index contributed by atoms with van der Waals surface area (Å²) in [6.07, 6.45) is -1.44. The van der Waals surface area contributed by atoms with Gasteiger partial charge < -0.3 is 20.3 Å². The summed E-state index contributed by atoms with van der Waals surface area (Å²) in [5.41, 5.74) is 0.471. The predicted octanol–water partition coefficient (Wildman–Crippen LogP) is 2.81. The number of hydrogen-bond donors (Lipinski definition) is 3. The maximum absolute atomic E-state index is 11.6. The van der Waals surface area contributed by atoms with Crippen LogP contribution in [0.3, 0.4) is 0 Å². The van der Waals surface area contributed by atoms with Crippen molar-refractivity contribution in [1.82, 2.24) is 10.3 Å². The molecule has 1 aromatic heterocycles. The molecule has 2 aromatic rings. The van der Waals surface area contributed by atoms with E-state index in [4.69, 9.17) is 16.3 Å². The van der Waals surface area contributed by atoms with Crippen LogP contribution in [0.5, 0.6) is 0 Å². The third-order valence-corrected chi connectivity index (χ3v) is 3.60. The van der Waals surface area contributed by atoms with E-state index in [1.165, 1.54) is 0 Å². The first-order valence-corrected chi connectivity index (χ1v) is 7.92. The molecule has 1 heterocycles. The van der Waals surface area contributed by atoms with Crippen LogP contribution in [0.2, 0.25) is 5.02 Å². The van der Waals surface area contributed by atoms with Gasteiger partial charge in [0, 0.05) is 18.1 Å². The molecule has 0 aliphatic carbocycles. The van der Waals surface area contributed by atoms with Crippen LogP contribution in [0, 0.1) is 0 Å². The van der Waals surface area contributed by atoms with E-state index in [0.29, 0.717) is 16.1 Å². The molecule has 130 valence electrons. The second-order valence-corrected chi connectivity index (χ2v) is 6.87. The van der Waals surface area contributed by atoms with Crippen molar-refractivity contribution in [1.29, 1.82) is 0 Å². The summed E-state index contributed by atoms with van der Waals surface area (Å²) in [7, 11) is 0. The Morgan fingerprint density at radius 2 is 2.04 bits per heavy atom. The summed E-state index contributed by atoms with van der Waals surface area (Å²) in [6.45, 7) is 5.08. The number of amides is 1. The minimum atomic E-state index is -1.19. The Morgan fingerprint density at radius 1 is 1.33 bits per heavy atom. The van der Waals surface area contributed by atoms with E-state index in [9.17, 15) is 15.0 Å². The highest BCUT2D eigenvalue weighted by Crippen LogP contribution is 2.25. The van der Waals surface area contributed by atoms with Crippen LogP contribution in [0.1, 0.15) is 32.4 Å². The van der Waals surface area contributed by atoms with Crippen molar-refractivity contribution in [3.8, 4) is 0 Å². The summed E-state index contributed by atoms with van der Waals surface area (Å²) < 4.78 is 5.08. The molecular formula is C17H21ClN2O4. The van der Waals surface area contributed by atoms with E-state index >= 15 is 0 Å². The Morgan fingerprint density at radius 3 is 2.71 bits per heavy atom. The third kappa shape index (κ3) is 4.80. The lowest BCUT2D eigenvalue weighted by Gasteiger charge is -2.22. The molecule has 0 fully saturated rings. The Balaban J connectivity index is 2.03. The molecule has 0 aliphatic heterocycles. The van der Waals surface area contributed by atoms with Gasteiger partial charge in [0.2, 0.25) is 0 Å². The van der Waals surface area contributed by atoms with Gasteiger partial charge in [0.05, 0.1) is 10.5 Å². The molecule has 6 nitrogen and oxygen atoms in total. The lowest BCUT2D eigenvalue weighted by Crippen LogP contribution is -2.38. The van der Waals surface area contributed by atoms with Gasteiger partial charge in [0.25, 0.3) is 0 Å². The molecule has 1 amide bonds. The molecule has 1 aromatic carbocycles. The quantitative estimate of drug-likeness (QED) is 0.787. The first kappa shape index (κ1) is 18.4. The number of fused-ring (bicyclic) bond motifs is 1. The van der Waals surface area contributed by atoms with Gasteiger partial charge in [-0.05, 0) is 38.5 Å². The van der Waals surface area contributed by atoms with Crippen LogP contribution in [0.15, 0.2) is 30.5 Å². The molecule has 0 aliphatic rings. The first-order chi connectivity index (χ1) is 11.2. The maximum Gasteiger partial charge on any atom is 0.407 e. The lowest BCUT2D eigenvalue weighted by molar-refractivity contribution is 0.0130. The number of carbonyl (C=O) groups excluding carboxylic acids is 1. The van der Waals surface area contributed by atoms with Crippen LogP contribution in [0.4, 0.5) is 4.79 Å². The van der Waals surface area contributed by atoms with E-state index in [1.54, 1.807) is 51.2 Å². The van der Waals surface area contributed by atoms with E-state index in [2.05, 4.69) is 10.3 Å². The zero-order valence-electron chi connectivity index (χ0n) is 13.8. The van der Waals surface area contributed by atoms with E-state index in [0.717, 1.165) is 5.39 Å². The maximum atomic E-state index is 11.6. The van der Waals surface area contributed by atoms with Crippen molar-refractivity contribution in [3.63, 3.8) is 0 Å². The number of carbonyl (C=O) groups is 1. The fraction of sp³-hybridized carbons (Fsp3) is 0.412.